The molecule has 131 valence electrons. The molecule has 23 heavy (non-hydrogen) atoms. The van der Waals surface area contributed by atoms with Gasteiger partial charge in [0.25, 0.3) is 10.0 Å². The molecule has 1 N–H and O–H groups in total. The van der Waals surface area contributed by atoms with Gasteiger partial charge in [-0.3, -0.25) is 0 Å². The zero-order chi connectivity index (χ0) is 17.0. The SMILES string of the molecule is CCCCCCCCCCCCOc1ccc(S([NH])(=O)=O)cc1. The fraction of sp³-hybridized carbons (Fsp3) is 0.667. The van der Waals surface area contributed by atoms with E-state index in [4.69, 9.17) is 9.88 Å². The van der Waals surface area contributed by atoms with Crippen LogP contribution in [0.3, 0.4) is 0 Å². The summed E-state index contributed by atoms with van der Waals surface area (Å²) < 4.78 is 27.6. The first kappa shape index (κ1) is 20.0. The molecule has 0 fully saturated rings. The van der Waals surface area contributed by atoms with Crippen molar-refractivity contribution in [2.75, 3.05) is 6.61 Å². The number of sulfonamides is 1. The highest BCUT2D eigenvalue weighted by Crippen LogP contribution is 2.16. The molecule has 0 spiro atoms. The summed E-state index contributed by atoms with van der Waals surface area (Å²) in [5, 5.41) is 6.97. The van der Waals surface area contributed by atoms with Gasteiger partial charge in [0.15, 0.2) is 0 Å². The first-order valence-electron chi connectivity index (χ1n) is 8.76. The van der Waals surface area contributed by atoms with Crippen molar-refractivity contribution in [2.45, 2.75) is 76.0 Å². The Labute approximate surface area is 141 Å². The van der Waals surface area contributed by atoms with Crippen molar-refractivity contribution < 1.29 is 13.2 Å². The van der Waals surface area contributed by atoms with Gasteiger partial charge in [0, 0.05) is 0 Å². The minimum atomic E-state index is -3.87. The minimum absolute atomic E-state index is 0.00351. The van der Waals surface area contributed by atoms with Crippen LogP contribution in [0.2, 0.25) is 0 Å². The van der Waals surface area contributed by atoms with Crippen molar-refractivity contribution >= 4 is 10.0 Å². The molecule has 0 aliphatic heterocycles. The topological polar surface area (TPSA) is 67.2 Å². The number of unbranched alkanes of at least 4 members (excludes halogenated alkanes) is 9. The Morgan fingerprint density at radius 3 is 1.78 bits per heavy atom. The lowest BCUT2D eigenvalue weighted by Crippen LogP contribution is -2.01. The summed E-state index contributed by atoms with van der Waals surface area (Å²) in [7, 11) is -3.87. The van der Waals surface area contributed by atoms with Crippen LogP contribution in [0.5, 0.6) is 5.75 Å². The number of rotatable bonds is 13. The molecule has 1 radical (unpaired) electrons. The predicted molar refractivity (Wildman–Crippen MR) is 94.1 cm³/mol. The Morgan fingerprint density at radius 1 is 0.826 bits per heavy atom. The summed E-state index contributed by atoms with van der Waals surface area (Å²) >= 11 is 0. The molecule has 5 heteroatoms. The van der Waals surface area contributed by atoms with Crippen molar-refractivity contribution in [3.63, 3.8) is 0 Å². The lowest BCUT2D eigenvalue weighted by atomic mass is 10.1. The zero-order valence-electron chi connectivity index (χ0n) is 14.2. The second-order valence-corrected chi connectivity index (χ2v) is 7.48. The van der Waals surface area contributed by atoms with Gasteiger partial charge in [-0.2, -0.15) is 0 Å². The molecule has 0 aliphatic rings. The summed E-state index contributed by atoms with van der Waals surface area (Å²) in [5.41, 5.74) is 0. The van der Waals surface area contributed by atoms with E-state index in [1.54, 1.807) is 12.1 Å². The van der Waals surface area contributed by atoms with Gasteiger partial charge in [-0.15, -0.1) is 5.14 Å². The second-order valence-electron chi connectivity index (χ2n) is 6.01. The van der Waals surface area contributed by atoms with E-state index in [9.17, 15) is 8.42 Å². The summed E-state index contributed by atoms with van der Waals surface area (Å²) in [6.07, 6.45) is 12.9. The fourth-order valence-corrected chi connectivity index (χ4v) is 2.99. The van der Waals surface area contributed by atoms with Gasteiger partial charge in [-0.25, -0.2) is 8.42 Å². The van der Waals surface area contributed by atoms with Crippen LogP contribution in [0, 0.1) is 0 Å². The van der Waals surface area contributed by atoms with E-state index in [1.165, 1.54) is 69.9 Å². The molecular weight excluding hydrogens is 310 g/mol. The van der Waals surface area contributed by atoms with E-state index in [0.29, 0.717) is 12.4 Å². The summed E-state index contributed by atoms with van der Waals surface area (Å²) in [4.78, 5) is 0.00351. The zero-order valence-corrected chi connectivity index (χ0v) is 15.0. The van der Waals surface area contributed by atoms with Crippen LogP contribution in [-0.4, -0.2) is 15.0 Å². The molecule has 1 rings (SSSR count). The number of hydrogen-bond donors (Lipinski definition) is 0. The van der Waals surface area contributed by atoms with Crippen LogP contribution in [0.25, 0.3) is 0 Å². The maximum Gasteiger partial charge on any atom is 0.254 e. The van der Waals surface area contributed by atoms with Gasteiger partial charge in [-0.05, 0) is 30.7 Å². The summed E-state index contributed by atoms with van der Waals surface area (Å²) in [5.74, 6) is 0.660. The van der Waals surface area contributed by atoms with Crippen molar-refractivity contribution in [3.05, 3.63) is 24.3 Å². The molecule has 0 bridgehead atoms. The third-order valence-corrected chi connectivity index (χ3v) is 4.79. The van der Waals surface area contributed by atoms with Gasteiger partial charge in [0.05, 0.1) is 11.5 Å². The largest absolute Gasteiger partial charge is 0.494 e. The average molecular weight is 341 g/mol. The van der Waals surface area contributed by atoms with E-state index in [1.807, 2.05) is 0 Å². The lowest BCUT2D eigenvalue weighted by Gasteiger charge is -2.07. The molecule has 0 saturated carbocycles. The number of hydrogen-bond acceptors (Lipinski definition) is 3. The minimum Gasteiger partial charge on any atom is -0.494 e. The first-order valence-corrected chi connectivity index (χ1v) is 10.2. The lowest BCUT2D eigenvalue weighted by molar-refractivity contribution is 0.304. The van der Waals surface area contributed by atoms with E-state index in [0.717, 1.165) is 6.42 Å². The monoisotopic (exact) mass is 340 g/mol. The van der Waals surface area contributed by atoms with Crippen LogP contribution in [0.15, 0.2) is 29.2 Å². The smallest absolute Gasteiger partial charge is 0.254 e. The first-order chi connectivity index (χ1) is 11.0. The third kappa shape index (κ3) is 9.61. The third-order valence-electron chi connectivity index (χ3n) is 3.90. The standard InChI is InChI=1S/C18H30NO3S/c1-2-3-4-5-6-7-8-9-10-11-16-22-17-12-14-18(15-13-17)23(19,20)21/h12-15,19H,2-11,16H2,1H3. The Morgan fingerprint density at radius 2 is 1.30 bits per heavy atom. The molecule has 0 unspecified atom stereocenters. The molecule has 0 heterocycles. The van der Waals surface area contributed by atoms with E-state index in [2.05, 4.69) is 6.92 Å². The Kier molecular flexibility index (Phi) is 9.96. The Bertz CT molecular complexity index is 512. The van der Waals surface area contributed by atoms with E-state index in [-0.39, 0.29) is 4.90 Å². The highest BCUT2D eigenvalue weighted by atomic mass is 32.2. The molecular formula is C18H30NO3S. The van der Waals surface area contributed by atoms with E-state index < -0.39 is 10.0 Å². The fourth-order valence-electron chi connectivity index (χ4n) is 2.49. The van der Waals surface area contributed by atoms with Crippen LogP contribution in [-0.2, 0) is 10.0 Å². The van der Waals surface area contributed by atoms with Crippen LogP contribution >= 0.6 is 0 Å². The molecule has 0 amide bonds. The van der Waals surface area contributed by atoms with Crippen LogP contribution in [0.4, 0.5) is 0 Å². The Hall–Kier alpha value is -1.07. The molecule has 1 aromatic carbocycles. The number of nitrogens with one attached hydrogen (secondary N) is 1. The van der Waals surface area contributed by atoms with Crippen LogP contribution < -0.4 is 9.88 Å². The van der Waals surface area contributed by atoms with Gasteiger partial charge < -0.3 is 4.74 Å². The molecule has 0 aliphatic carbocycles. The number of benzene rings is 1. The summed E-state index contributed by atoms with van der Waals surface area (Å²) in [6.45, 7) is 2.90. The van der Waals surface area contributed by atoms with Gasteiger partial charge in [0.2, 0.25) is 0 Å². The number of ether oxygens (including phenoxy) is 1. The average Bonchev–Trinajstić information content (AvgIpc) is 2.52. The molecule has 0 saturated heterocycles. The van der Waals surface area contributed by atoms with Crippen molar-refractivity contribution in [1.29, 1.82) is 0 Å². The van der Waals surface area contributed by atoms with Gasteiger partial charge in [0.1, 0.15) is 5.75 Å². The summed E-state index contributed by atoms with van der Waals surface area (Å²) in [6, 6.07) is 6.04. The normalized spacial score (nSPS) is 11.6. The van der Waals surface area contributed by atoms with Crippen molar-refractivity contribution in [1.82, 2.24) is 5.14 Å². The second kappa shape index (κ2) is 11.5. The molecule has 4 nitrogen and oxygen atoms in total. The van der Waals surface area contributed by atoms with Crippen molar-refractivity contribution in [2.24, 2.45) is 0 Å². The van der Waals surface area contributed by atoms with E-state index >= 15 is 0 Å². The highest BCUT2D eigenvalue weighted by molar-refractivity contribution is 7.88. The molecule has 0 atom stereocenters. The highest BCUT2D eigenvalue weighted by Gasteiger charge is 2.07. The van der Waals surface area contributed by atoms with Crippen molar-refractivity contribution in [3.8, 4) is 5.75 Å². The maximum absolute atomic E-state index is 11.0. The Balaban J connectivity index is 2.01. The van der Waals surface area contributed by atoms with Gasteiger partial charge >= 0.3 is 0 Å². The van der Waals surface area contributed by atoms with Crippen LogP contribution in [0.1, 0.15) is 71.1 Å². The maximum atomic E-state index is 11.0. The predicted octanol–water partition coefficient (Wildman–Crippen LogP) is 4.96. The molecule has 1 aromatic rings. The van der Waals surface area contributed by atoms with Gasteiger partial charge in [-0.1, -0.05) is 64.7 Å². The quantitative estimate of drug-likeness (QED) is 0.477. The molecule has 0 aromatic heterocycles.